The van der Waals surface area contributed by atoms with Crippen molar-refractivity contribution >= 4 is 17.5 Å². The summed E-state index contributed by atoms with van der Waals surface area (Å²) in [7, 11) is 1.88. The largest absolute Gasteiger partial charge is 0.354 e. The Morgan fingerprint density at radius 2 is 2.17 bits per heavy atom. The van der Waals surface area contributed by atoms with Crippen molar-refractivity contribution < 1.29 is 0 Å². The predicted molar refractivity (Wildman–Crippen MR) is 72.0 cm³/mol. The minimum Gasteiger partial charge on any atom is -0.354 e. The molecule has 6 nitrogen and oxygen atoms in total. The fourth-order valence-corrected chi connectivity index (χ4v) is 1.58. The third-order valence-corrected chi connectivity index (χ3v) is 2.36. The highest BCUT2D eigenvalue weighted by Crippen LogP contribution is 2.15. The highest BCUT2D eigenvalue weighted by atomic mass is 15.3. The molecule has 0 radical (unpaired) electrons. The van der Waals surface area contributed by atoms with Gasteiger partial charge in [-0.15, -0.1) is 0 Å². The molecule has 0 aliphatic rings. The molecular weight excluding hydrogens is 228 g/mol. The Kier molecular flexibility index (Phi) is 3.76. The van der Waals surface area contributed by atoms with Crippen molar-refractivity contribution in [1.82, 2.24) is 19.7 Å². The van der Waals surface area contributed by atoms with Crippen LogP contribution in [0.4, 0.5) is 17.5 Å². The molecule has 0 saturated carbocycles. The molecule has 0 spiro atoms. The lowest BCUT2D eigenvalue weighted by Crippen LogP contribution is -2.06. The maximum Gasteiger partial charge on any atom is 0.224 e. The lowest BCUT2D eigenvalue weighted by molar-refractivity contribution is 0.768. The maximum absolute atomic E-state index is 4.41. The smallest absolute Gasteiger partial charge is 0.224 e. The van der Waals surface area contributed by atoms with E-state index < -0.39 is 0 Å². The monoisotopic (exact) mass is 246 g/mol. The van der Waals surface area contributed by atoms with E-state index in [1.54, 1.807) is 10.9 Å². The topological polar surface area (TPSA) is 67.7 Å². The van der Waals surface area contributed by atoms with Crippen LogP contribution in [0, 0.1) is 6.92 Å². The highest BCUT2D eigenvalue weighted by Gasteiger charge is 2.03. The molecule has 2 aromatic rings. The molecule has 0 bridgehead atoms. The molecule has 0 atom stereocenters. The van der Waals surface area contributed by atoms with Gasteiger partial charge in [0.2, 0.25) is 5.95 Å². The predicted octanol–water partition coefficient (Wildman–Crippen LogP) is 2.08. The second kappa shape index (κ2) is 5.48. The Hall–Kier alpha value is -2.11. The first-order valence-electron chi connectivity index (χ1n) is 6.02. The quantitative estimate of drug-likeness (QED) is 0.845. The Bertz CT molecular complexity index is 519. The molecule has 96 valence electrons. The molecule has 2 rings (SSSR count). The zero-order chi connectivity index (χ0) is 13.0. The van der Waals surface area contributed by atoms with Crippen molar-refractivity contribution in [3.8, 4) is 0 Å². The van der Waals surface area contributed by atoms with Gasteiger partial charge >= 0.3 is 0 Å². The van der Waals surface area contributed by atoms with Gasteiger partial charge in [0.25, 0.3) is 0 Å². The van der Waals surface area contributed by atoms with Crippen LogP contribution in [0.15, 0.2) is 18.5 Å². The molecule has 0 unspecified atom stereocenters. The van der Waals surface area contributed by atoms with Crippen molar-refractivity contribution in [2.45, 2.75) is 20.3 Å². The first kappa shape index (κ1) is 12.3. The molecule has 2 aromatic heterocycles. The molecule has 18 heavy (non-hydrogen) atoms. The number of aromatic nitrogens is 4. The molecule has 0 aliphatic carbocycles. The molecule has 0 amide bonds. The average Bonchev–Trinajstić information content (AvgIpc) is 2.71. The van der Waals surface area contributed by atoms with Crippen molar-refractivity contribution in [3.05, 3.63) is 24.2 Å². The Labute approximate surface area is 106 Å². The third kappa shape index (κ3) is 3.19. The fourth-order valence-electron chi connectivity index (χ4n) is 1.58. The van der Waals surface area contributed by atoms with Crippen LogP contribution < -0.4 is 10.6 Å². The van der Waals surface area contributed by atoms with Crippen LogP contribution in [0.2, 0.25) is 0 Å². The lowest BCUT2D eigenvalue weighted by Gasteiger charge is -2.08. The molecular formula is C12H18N6. The molecule has 2 heterocycles. The zero-order valence-electron chi connectivity index (χ0n) is 10.9. The van der Waals surface area contributed by atoms with Crippen LogP contribution in [-0.2, 0) is 7.05 Å². The molecule has 0 aromatic carbocycles. The van der Waals surface area contributed by atoms with Gasteiger partial charge in [0, 0.05) is 31.5 Å². The van der Waals surface area contributed by atoms with Crippen molar-refractivity contribution in [1.29, 1.82) is 0 Å². The van der Waals surface area contributed by atoms with E-state index in [4.69, 9.17) is 0 Å². The van der Waals surface area contributed by atoms with E-state index in [0.29, 0.717) is 5.95 Å². The Morgan fingerprint density at radius 3 is 2.83 bits per heavy atom. The van der Waals surface area contributed by atoms with Crippen LogP contribution in [0.3, 0.4) is 0 Å². The summed E-state index contributed by atoms with van der Waals surface area (Å²) in [5.41, 5.74) is 1.84. The van der Waals surface area contributed by atoms with Crippen LogP contribution in [0.25, 0.3) is 0 Å². The number of anilines is 3. The summed E-state index contributed by atoms with van der Waals surface area (Å²) in [5.74, 6) is 1.43. The van der Waals surface area contributed by atoms with Gasteiger partial charge in [-0.2, -0.15) is 10.1 Å². The first-order chi connectivity index (χ1) is 8.67. The van der Waals surface area contributed by atoms with E-state index in [1.807, 2.05) is 26.2 Å². The van der Waals surface area contributed by atoms with Crippen molar-refractivity contribution in [3.63, 3.8) is 0 Å². The van der Waals surface area contributed by atoms with Gasteiger partial charge in [-0.25, -0.2) is 4.98 Å². The van der Waals surface area contributed by atoms with E-state index >= 15 is 0 Å². The summed E-state index contributed by atoms with van der Waals surface area (Å²) in [6.45, 7) is 4.93. The standard InChI is InChI=1S/C12H18N6/c1-4-5-13-12-15-9(2)6-11(17-12)16-10-7-14-18(3)8-10/h6-8H,4-5H2,1-3H3,(H2,13,15,16,17). The summed E-state index contributed by atoms with van der Waals surface area (Å²) in [6.07, 6.45) is 4.70. The average molecular weight is 246 g/mol. The highest BCUT2D eigenvalue weighted by molar-refractivity contribution is 5.55. The number of nitrogens with one attached hydrogen (secondary N) is 2. The fraction of sp³-hybridized carbons (Fsp3) is 0.417. The molecule has 0 fully saturated rings. The van der Waals surface area contributed by atoms with Gasteiger partial charge in [0.15, 0.2) is 0 Å². The van der Waals surface area contributed by atoms with Crippen molar-refractivity contribution in [2.75, 3.05) is 17.2 Å². The summed E-state index contributed by atoms with van der Waals surface area (Å²) in [6, 6.07) is 1.91. The number of rotatable bonds is 5. The molecule has 0 saturated heterocycles. The minimum absolute atomic E-state index is 0.656. The maximum atomic E-state index is 4.41. The molecule has 6 heteroatoms. The number of aryl methyl sites for hydroxylation is 2. The van der Waals surface area contributed by atoms with Crippen LogP contribution in [-0.4, -0.2) is 26.3 Å². The number of hydrogen-bond donors (Lipinski definition) is 2. The van der Waals surface area contributed by atoms with E-state index in [0.717, 1.165) is 30.2 Å². The Morgan fingerprint density at radius 1 is 1.33 bits per heavy atom. The molecule has 2 N–H and O–H groups in total. The third-order valence-electron chi connectivity index (χ3n) is 2.36. The van der Waals surface area contributed by atoms with E-state index in [2.05, 4.69) is 32.6 Å². The van der Waals surface area contributed by atoms with E-state index in [9.17, 15) is 0 Å². The summed E-state index contributed by atoms with van der Waals surface area (Å²) in [5, 5.41) is 10.5. The van der Waals surface area contributed by atoms with E-state index in [-0.39, 0.29) is 0 Å². The van der Waals surface area contributed by atoms with Gasteiger partial charge < -0.3 is 10.6 Å². The second-order valence-electron chi connectivity index (χ2n) is 4.17. The van der Waals surface area contributed by atoms with Crippen LogP contribution >= 0.6 is 0 Å². The zero-order valence-corrected chi connectivity index (χ0v) is 10.9. The first-order valence-corrected chi connectivity index (χ1v) is 6.02. The second-order valence-corrected chi connectivity index (χ2v) is 4.17. The number of nitrogens with zero attached hydrogens (tertiary/aromatic N) is 4. The summed E-state index contributed by atoms with van der Waals surface area (Å²) < 4.78 is 1.74. The number of hydrogen-bond acceptors (Lipinski definition) is 5. The van der Waals surface area contributed by atoms with Gasteiger partial charge in [0.05, 0.1) is 11.9 Å². The van der Waals surface area contributed by atoms with Gasteiger partial charge in [0.1, 0.15) is 5.82 Å². The molecule has 0 aliphatic heterocycles. The van der Waals surface area contributed by atoms with Gasteiger partial charge in [-0.05, 0) is 13.3 Å². The Balaban J connectivity index is 2.14. The summed E-state index contributed by atoms with van der Waals surface area (Å²) in [4.78, 5) is 8.74. The van der Waals surface area contributed by atoms with Gasteiger partial charge in [-0.1, -0.05) is 6.92 Å². The SMILES string of the molecule is CCCNc1nc(C)cc(Nc2cnn(C)c2)n1. The van der Waals surface area contributed by atoms with Crippen LogP contribution in [0.1, 0.15) is 19.0 Å². The summed E-state index contributed by atoms with van der Waals surface area (Å²) >= 11 is 0. The minimum atomic E-state index is 0.656. The lowest BCUT2D eigenvalue weighted by atomic mass is 10.4. The van der Waals surface area contributed by atoms with E-state index in [1.165, 1.54) is 0 Å². The van der Waals surface area contributed by atoms with Gasteiger partial charge in [-0.3, -0.25) is 4.68 Å². The van der Waals surface area contributed by atoms with Crippen LogP contribution in [0.5, 0.6) is 0 Å². The normalized spacial score (nSPS) is 10.4. The van der Waals surface area contributed by atoms with Crippen molar-refractivity contribution in [2.24, 2.45) is 7.05 Å².